The van der Waals surface area contributed by atoms with Crippen molar-refractivity contribution in [2.24, 2.45) is 5.92 Å². The molecule has 0 radical (unpaired) electrons. The standard InChI is InChI=1S/C24H27NO6S/c26-24(31-16-17-6-2-1-3-7-17)21-14-18-8-4-5-9-20(18)25(21)32(27,28)19-10-11-22-23(15-19)30-13-12-29-22/h1-3,6-7,10-11,15,18,20-21H,4-5,8-9,12-14,16H2. The van der Waals surface area contributed by atoms with Gasteiger partial charge in [-0.1, -0.05) is 43.2 Å². The van der Waals surface area contributed by atoms with Crippen molar-refractivity contribution in [3.63, 3.8) is 0 Å². The highest BCUT2D eigenvalue weighted by atomic mass is 32.2. The van der Waals surface area contributed by atoms with Gasteiger partial charge < -0.3 is 14.2 Å². The molecule has 32 heavy (non-hydrogen) atoms. The molecule has 2 aromatic carbocycles. The summed E-state index contributed by atoms with van der Waals surface area (Å²) in [7, 11) is -3.92. The zero-order valence-electron chi connectivity index (χ0n) is 17.8. The number of hydrogen-bond donors (Lipinski definition) is 0. The summed E-state index contributed by atoms with van der Waals surface area (Å²) in [6.07, 6.45) is 4.21. The van der Waals surface area contributed by atoms with Crippen LogP contribution >= 0.6 is 0 Å². The minimum absolute atomic E-state index is 0.119. The van der Waals surface area contributed by atoms with Gasteiger partial charge in [-0.25, -0.2) is 8.42 Å². The number of rotatable bonds is 5. The Labute approximate surface area is 188 Å². The Kier molecular flexibility index (Phi) is 5.82. The van der Waals surface area contributed by atoms with E-state index in [9.17, 15) is 13.2 Å². The second-order valence-corrected chi connectivity index (χ2v) is 10.4. The average molecular weight is 458 g/mol. The average Bonchev–Trinajstić information content (AvgIpc) is 3.23. The first kappa shape index (κ1) is 21.3. The van der Waals surface area contributed by atoms with E-state index >= 15 is 0 Å². The van der Waals surface area contributed by atoms with E-state index in [2.05, 4.69) is 0 Å². The predicted octanol–water partition coefficient (Wildman–Crippen LogP) is 3.52. The first-order valence-corrected chi connectivity index (χ1v) is 12.6. The van der Waals surface area contributed by atoms with Gasteiger partial charge in [0, 0.05) is 12.1 Å². The van der Waals surface area contributed by atoms with Gasteiger partial charge in [-0.3, -0.25) is 4.79 Å². The minimum atomic E-state index is -3.92. The molecule has 1 aliphatic carbocycles. The van der Waals surface area contributed by atoms with Crippen LogP contribution in [-0.2, 0) is 26.2 Å². The van der Waals surface area contributed by atoms with Crippen LogP contribution in [-0.4, -0.2) is 44.0 Å². The highest BCUT2D eigenvalue weighted by molar-refractivity contribution is 7.89. The molecule has 2 heterocycles. The van der Waals surface area contributed by atoms with E-state index in [1.807, 2.05) is 30.3 Å². The van der Waals surface area contributed by atoms with E-state index in [1.54, 1.807) is 6.07 Å². The quantitative estimate of drug-likeness (QED) is 0.639. The third-order valence-electron chi connectivity index (χ3n) is 6.61. The normalized spacial score (nSPS) is 25.2. The van der Waals surface area contributed by atoms with Gasteiger partial charge in [0.1, 0.15) is 25.9 Å². The van der Waals surface area contributed by atoms with Crippen LogP contribution in [0, 0.1) is 5.92 Å². The summed E-state index contributed by atoms with van der Waals surface area (Å²) < 4.78 is 45.7. The van der Waals surface area contributed by atoms with Crippen molar-refractivity contribution >= 4 is 16.0 Å². The van der Waals surface area contributed by atoms with Gasteiger partial charge in [-0.15, -0.1) is 0 Å². The number of fused-ring (bicyclic) bond motifs is 2. The van der Waals surface area contributed by atoms with Gasteiger partial charge in [0.2, 0.25) is 10.0 Å². The van der Waals surface area contributed by atoms with Crippen LogP contribution in [0.25, 0.3) is 0 Å². The maximum atomic E-state index is 13.8. The predicted molar refractivity (Wildman–Crippen MR) is 117 cm³/mol. The molecule has 170 valence electrons. The van der Waals surface area contributed by atoms with Crippen molar-refractivity contribution in [3.8, 4) is 11.5 Å². The molecule has 8 heteroatoms. The third-order valence-corrected chi connectivity index (χ3v) is 8.54. The number of carbonyl (C=O) groups is 1. The van der Waals surface area contributed by atoms with E-state index in [-0.39, 0.29) is 23.5 Å². The van der Waals surface area contributed by atoms with Crippen LogP contribution in [0.3, 0.4) is 0 Å². The smallest absolute Gasteiger partial charge is 0.324 e. The van der Waals surface area contributed by atoms with Crippen molar-refractivity contribution in [1.29, 1.82) is 0 Å². The van der Waals surface area contributed by atoms with Crippen molar-refractivity contribution in [3.05, 3.63) is 54.1 Å². The number of carbonyl (C=O) groups excluding carboxylic acids is 1. The van der Waals surface area contributed by atoms with Gasteiger partial charge in [0.05, 0.1) is 4.90 Å². The Morgan fingerprint density at radius 2 is 1.75 bits per heavy atom. The maximum absolute atomic E-state index is 13.8. The summed E-state index contributed by atoms with van der Waals surface area (Å²) in [5.41, 5.74) is 0.873. The molecule has 0 aromatic heterocycles. The van der Waals surface area contributed by atoms with Crippen molar-refractivity contribution in [2.75, 3.05) is 13.2 Å². The van der Waals surface area contributed by atoms with Crippen LogP contribution in [0.15, 0.2) is 53.4 Å². The molecule has 3 atom stereocenters. The highest BCUT2D eigenvalue weighted by Gasteiger charge is 2.51. The van der Waals surface area contributed by atoms with Crippen molar-refractivity contribution in [2.45, 2.75) is 55.7 Å². The lowest BCUT2D eigenvalue weighted by Gasteiger charge is -2.32. The van der Waals surface area contributed by atoms with Gasteiger partial charge in [-0.2, -0.15) is 4.31 Å². The molecule has 5 rings (SSSR count). The molecule has 0 bridgehead atoms. The van der Waals surface area contributed by atoms with Gasteiger partial charge in [-0.05, 0) is 42.9 Å². The van der Waals surface area contributed by atoms with Crippen LogP contribution in [0.4, 0.5) is 0 Å². The van der Waals surface area contributed by atoms with E-state index in [0.29, 0.717) is 31.1 Å². The summed E-state index contributed by atoms with van der Waals surface area (Å²) in [5, 5.41) is 0. The first-order chi connectivity index (χ1) is 15.5. The van der Waals surface area contributed by atoms with E-state index in [1.165, 1.54) is 16.4 Å². The third kappa shape index (κ3) is 3.97. The lowest BCUT2D eigenvalue weighted by atomic mass is 9.85. The Hall–Kier alpha value is -2.58. The van der Waals surface area contributed by atoms with Crippen LogP contribution in [0.1, 0.15) is 37.7 Å². The van der Waals surface area contributed by atoms with Gasteiger partial charge in [0.15, 0.2) is 11.5 Å². The largest absolute Gasteiger partial charge is 0.486 e. The number of ether oxygens (including phenoxy) is 3. The molecule has 2 aliphatic heterocycles. The molecular formula is C24H27NO6S. The molecule has 2 fully saturated rings. The molecule has 1 saturated carbocycles. The maximum Gasteiger partial charge on any atom is 0.324 e. The van der Waals surface area contributed by atoms with Crippen LogP contribution in [0.5, 0.6) is 11.5 Å². The fourth-order valence-electron chi connectivity index (χ4n) is 5.10. The highest BCUT2D eigenvalue weighted by Crippen LogP contribution is 2.44. The Bertz CT molecular complexity index is 1090. The lowest BCUT2D eigenvalue weighted by Crippen LogP contribution is -2.46. The molecule has 0 N–H and O–H groups in total. The number of nitrogens with zero attached hydrogens (tertiary/aromatic N) is 1. The zero-order chi connectivity index (χ0) is 22.1. The van der Waals surface area contributed by atoms with E-state index in [4.69, 9.17) is 14.2 Å². The second-order valence-electron chi connectivity index (χ2n) is 8.60. The molecule has 0 spiro atoms. The molecule has 2 aromatic rings. The SMILES string of the molecule is O=C(OCc1ccccc1)C1CC2CCCCC2N1S(=O)(=O)c1ccc2c(c1)OCCO2. The van der Waals surface area contributed by atoms with Crippen LogP contribution in [0.2, 0.25) is 0 Å². The van der Waals surface area contributed by atoms with Crippen molar-refractivity contribution in [1.82, 2.24) is 4.31 Å². The van der Waals surface area contributed by atoms with Crippen molar-refractivity contribution < 1.29 is 27.4 Å². The number of benzene rings is 2. The summed E-state index contributed by atoms with van der Waals surface area (Å²) >= 11 is 0. The Morgan fingerprint density at radius 1 is 1.00 bits per heavy atom. The van der Waals surface area contributed by atoms with Gasteiger partial charge in [0.25, 0.3) is 0 Å². The molecule has 3 unspecified atom stereocenters. The number of hydrogen-bond acceptors (Lipinski definition) is 6. The Morgan fingerprint density at radius 3 is 2.56 bits per heavy atom. The summed E-state index contributed by atoms with van der Waals surface area (Å²) in [4.78, 5) is 13.2. The molecule has 1 saturated heterocycles. The Balaban J connectivity index is 1.43. The summed E-state index contributed by atoms with van der Waals surface area (Å²) in [6, 6.07) is 13.1. The fourth-order valence-corrected chi connectivity index (χ4v) is 6.98. The number of sulfonamides is 1. The topological polar surface area (TPSA) is 82.1 Å². The lowest BCUT2D eigenvalue weighted by molar-refractivity contribution is -0.149. The zero-order valence-corrected chi connectivity index (χ0v) is 18.6. The van der Waals surface area contributed by atoms with E-state index in [0.717, 1.165) is 31.2 Å². The van der Waals surface area contributed by atoms with Gasteiger partial charge >= 0.3 is 5.97 Å². The fraction of sp³-hybridized carbons (Fsp3) is 0.458. The first-order valence-electron chi connectivity index (χ1n) is 11.2. The monoisotopic (exact) mass is 457 g/mol. The molecule has 0 amide bonds. The number of esters is 1. The minimum Gasteiger partial charge on any atom is -0.486 e. The summed E-state index contributed by atoms with van der Waals surface area (Å²) in [5.74, 6) is 0.639. The molecule has 7 nitrogen and oxygen atoms in total. The van der Waals surface area contributed by atoms with Crippen LogP contribution < -0.4 is 9.47 Å². The summed E-state index contributed by atoms with van der Waals surface area (Å²) in [6.45, 7) is 0.938. The molecular weight excluding hydrogens is 430 g/mol. The second kappa shape index (κ2) is 8.75. The molecule has 3 aliphatic rings. The van der Waals surface area contributed by atoms with E-state index < -0.39 is 22.0 Å².